The van der Waals surface area contributed by atoms with E-state index in [0.29, 0.717) is 6.42 Å². The van der Waals surface area contributed by atoms with E-state index < -0.39 is 0 Å². The number of amides is 1. The average molecular weight is 400 g/mol. The van der Waals surface area contributed by atoms with E-state index in [2.05, 4.69) is 71.4 Å². The molecule has 4 nitrogen and oxygen atoms in total. The number of para-hydroxylation sites is 1. The Hall–Kier alpha value is -2.14. The van der Waals surface area contributed by atoms with Gasteiger partial charge in [-0.25, -0.2) is 0 Å². The number of carbonyl (C=O) groups excluding carboxylic acids is 1. The second-order valence-corrected chi connectivity index (χ2v) is 7.30. The molecule has 0 atom stereocenters. The number of nitrogens with one attached hydrogen (secondary N) is 1. The van der Waals surface area contributed by atoms with Crippen LogP contribution in [0.1, 0.15) is 31.7 Å². The Labute approximate surface area is 175 Å². The lowest BCUT2D eigenvalue weighted by molar-refractivity contribution is -0.130. The molecule has 5 heteroatoms. The number of allylic oxidation sites excluding steroid dienone is 4. The van der Waals surface area contributed by atoms with E-state index in [1.165, 1.54) is 11.3 Å². The van der Waals surface area contributed by atoms with Crippen LogP contribution in [0, 0.1) is 0 Å². The molecule has 0 unspecified atom stereocenters. The molecule has 1 aliphatic heterocycles. The summed E-state index contributed by atoms with van der Waals surface area (Å²) in [6.45, 7) is 5.51. The minimum atomic E-state index is 0.262. The van der Waals surface area contributed by atoms with Crippen molar-refractivity contribution in [2.45, 2.75) is 26.2 Å². The van der Waals surface area contributed by atoms with Crippen LogP contribution < -0.4 is 10.2 Å². The molecule has 28 heavy (non-hydrogen) atoms. The summed E-state index contributed by atoms with van der Waals surface area (Å²) in [6.07, 6.45) is 12.8. The van der Waals surface area contributed by atoms with Crippen LogP contribution in [-0.4, -0.2) is 49.8 Å². The predicted molar refractivity (Wildman–Crippen MR) is 124 cm³/mol. The third-order valence-electron chi connectivity index (χ3n) is 4.91. The van der Waals surface area contributed by atoms with E-state index in [1.807, 2.05) is 25.1 Å². The van der Waals surface area contributed by atoms with Crippen molar-refractivity contribution in [3.05, 3.63) is 59.8 Å². The fraction of sp³-hybridized carbons (Fsp3) is 0.435. The molecule has 1 amide bonds. The molecule has 1 aromatic rings. The molecule has 1 saturated heterocycles. The molecule has 0 spiro atoms. The summed E-state index contributed by atoms with van der Waals surface area (Å²) in [4.78, 5) is 16.8. The molecular formula is C23H33N3OS. The summed E-state index contributed by atoms with van der Waals surface area (Å²) >= 11 is 4.22. The summed E-state index contributed by atoms with van der Waals surface area (Å²) in [5, 5.41) is 3.03. The second-order valence-electron chi connectivity index (χ2n) is 6.85. The highest BCUT2D eigenvalue weighted by Crippen LogP contribution is 2.24. The first-order valence-electron chi connectivity index (χ1n) is 10.1. The fourth-order valence-electron chi connectivity index (χ4n) is 3.33. The van der Waals surface area contributed by atoms with Gasteiger partial charge in [-0.2, -0.15) is 12.6 Å². The Balaban J connectivity index is 2.09. The van der Waals surface area contributed by atoms with Gasteiger partial charge in [-0.05, 0) is 55.0 Å². The van der Waals surface area contributed by atoms with Crippen LogP contribution in [0.5, 0.6) is 0 Å². The number of nitrogens with zero attached hydrogens (tertiary/aromatic N) is 2. The number of carbonyl (C=O) groups is 1. The molecule has 0 radical (unpaired) electrons. The molecule has 1 aliphatic rings. The van der Waals surface area contributed by atoms with Gasteiger partial charge >= 0.3 is 0 Å². The van der Waals surface area contributed by atoms with E-state index in [-0.39, 0.29) is 5.91 Å². The summed E-state index contributed by atoms with van der Waals surface area (Å²) < 4.78 is 0. The molecule has 0 bridgehead atoms. The van der Waals surface area contributed by atoms with Crippen LogP contribution >= 0.6 is 12.6 Å². The number of anilines is 1. The third kappa shape index (κ3) is 6.79. The Kier molecular flexibility index (Phi) is 9.77. The van der Waals surface area contributed by atoms with Crippen molar-refractivity contribution < 1.29 is 4.79 Å². The maximum Gasteiger partial charge on any atom is 0.222 e. The molecule has 0 saturated carbocycles. The van der Waals surface area contributed by atoms with Crippen molar-refractivity contribution in [1.82, 2.24) is 10.2 Å². The number of benzene rings is 1. The third-order valence-corrected chi connectivity index (χ3v) is 5.22. The highest BCUT2D eigenvalue weighted by atomic mass is 32.1. The minimum Gasteiger partial charge on any atom is -0.394 e. The zero-order valence-electron chi connectivity index (χ0n) is 17.1. The molecule has 1 aromatic carbocycles. The molecule has 2 rings (SSSR count). The van der Waals surface area contributed by atoms with Gasteiger partial charge in [0.25, 0.3) is 0 Å². The smallest absolute Gasteiger partial charge is 0.222 e. The van der Waals surface area contributed by atoms with Crippen LogP contribution in [0.4, 0.5) is 5.69 Å². The van der Waals surface area contributed by atoms with Crippen LogP contribution in [0.15, 0.2) is 54.3 Å². The lowest BCUT2D eigenvalue weighted by Crippen LogP contribution is -2.35. The van der Waals surface area contributed by atoms with Crippen molar-refractivity contribution in [2.75, 3.05) is 43.9 Å². The number of rotatable bonds is 8. The van der Waals surface area contributed by atoms with Gasteiger partial charge in [-0.15, -0.1) is 0 Å². The lowest BCUT2D eigenvalue weighted by atomic mass is 10.1. The Bertz CT molecular complexity index is 712. The van der Waals surface area contributed by atoms with Gasteiger partial charge in [0, 0.05) is 45.3 Å². The van der Waals surface area contributed by atoms with Crippen molar-refractivity contribution >= 4 is 30.3 Å². The summed E-state index contributed by atoms with van der Waals surface area (Å²) in [6, 6.07) is 8.50. The average Bonchev–Trinajstić information content (AvgIpc) is 2.98. The van der Waals surface area contributed by atoms with Gasteiger partial charge in [-0.3, -0.25) is 4.79 Å². The van der Waals surface area contributed by atoms with E-state index in [1.54, 1.807) is 0 Å². The van der Waals surface area contributed by atoms with Crippen LogP contribution in [0.2, 0.25) is 0 Å². The van der Waals surface area contributed by atoms with Crippen molar-refractivity contribution in [1.29, 1.82) is 0 Å². The standard InChI is InChI=1S/C23H33N3OS/c1-3-20(13-14-24-2)11-12-21-8-4-5-9-22(21)25-15-7-16-26(18-17-25)23(27)10-6-19-28/h3-5,8-9,11-14,24,28H,6-7,10,15-19H2,1-2H3/b12-11+,14-13-,20-3-. The largest absolute Gasteiger partial charge is 0.394 e. The maximum atomic E-state index is 12.4. The van der Waals surface area contributed by atoms with Gasteiger partial charge < -0.3 is 15.1 Å². The fourth-order valence-corrected chi connectivity index (χ4v) is 3.48. The molecule has 1 fully saturated rings. The number of hydrogen-bond donors (Lipinski definition) is 2. The summed E-state index contributed by atoms with van der Waals surface area (Å²) in [7, 11) is 1.90. The van der Waals surface area contributed by atoms with Crippen molar-refractivity contribution in [2.24, 2.45) is 0 Å². The van der Waals surface area contributed by atoms with Crippen LogP contribution in [0.3, 0.4) is 0 Å². The van der Waals surface area contributed by atoms with Gasteiger partial charge in [0.15, 0.2) is 0 Å². The van der Waals surface area contributed by atoms with Crippen LogP contribution in [-0.2, 0) is 4.79 Å². The predicted octanol–water partition coefficient (Wildman–Crippen LogP) is 4.13. The van der Waals surface area contributed by atoms with Gasteiger partial charge in [-0.1, -0.05) is 36.4 Å². The topological polar surface area (TPSA) is 35.6 Å². The van der Waals surface area contributed by atoms with E-state index in [4.69, 9.17) is 0 Å². The molecule has 0 aromatic heterocycles. The molecular weight excluding hydrogens is 366 g/mol. The highest BCUT2D eigenvalue weighted by molar-refractivity contribution is 7.80. The SMILES string of the molecule is C/C=C(\C=C/NC)/C=C/c1ccccc1N1CCCN(C(=O)CCCS)CC1. The van der Waals surface area contributed by atoms with Crippen molar-refractivity contribution in [3.63, 3.8) is 0 Å². The van der Waals surface area contributed by atoms with E-state index >= 15 is 0 Å². The first-order valence-corrected chi connectivity index (χ1v) is 10.7. The molecule has 1 N–H and O–H groups in total. The van der Waals surface area contributed by atoms with E-state index in [9.17, 15) is 4.79 Å². The zero-order chi connectivity index (χ0) is 20.2. The van der Waals surface area contributed by atoms with Crippen LogP contribution in [0.25, 0.3) is 6.08 Å². The molecule has 152 valence electrons. The quantitative estimate of drug-likeness (QED) is 0.510. The molecule has 1 heterocycles. The Morgan fingerprint density at radius 3 is 2.75 bits per heavy atom. The first kappa shape index (κ1) is 22.2. The highest BCUT2D eigenvalue weighted by Gasteiger charge is 2.19. The van der Waals surface area contributed by atoms with Gasteiger partial charge in [0.2, 0.25) is 5.91 Å². The minimum absolute atomic E-state index is 0.262. The normalized spacial score (nSPS) is 16.0. The Morgan fingerprint density at radius 1 is 1.18 bits per heavy atom. The second kappa shape index (κ2) is 12.3. The Morgan fingerprint density at radius 2 is 2.00 bits per heavy atom. The van der Waals surface area contributed by atoms with E-state index in [0.717, 1.165) is 50.3 Å². The first-order chi connectivity index (χ1) is 13.7. The summed E-state index contributed by atoms with van der Waals surface area (Å²) in [5.41, 5.74) is 3.59. The monoisotopic (exact) mass is 399 g/mol. The maximum absolute atomic E-state index is 12.4. The van der Waals surface area contributed by atoms with Gasteiger partial charge in [0.1, 0.15) is 0 Å². The molecule has 0 aliphatic carbocycles. The number of thiol groups is 1. The zero-order valence-corrected chi connectivity index (χ0v) is 18.0. The number of hydrogen-bond acceptors (Lipinski definition) is 4. The lowest BCUT2D eigenvalue weighted by Gasteiger charge is -2.25. The van der Waals surface area contributed by atoms with Gasteiger partial charge in [0.05, 0.1) is 0 Å². The van der Waals surface area contributed by atoms with Crippen molar-refractivity contribution in [3.8, 4) is 0 Å². The summed E-state index contributed by atoms with van der Waals surface area (Å²) in [5.74, 6) is 1.03.